The SMILES string of the molecule is CC(C)CC1(C)C=N1. The van der Waals surface area contributed by atoms with Gasteiger partial charge in [0.1, 0.15) is 0 Å². The van der Waals surface area contributed by atoms with E-state index in [1.54, 1.807) is 0 Å². The molecule has 0 saturated carbocycles. The Morgan fingerprint density at radius 3 is 2.25 bits per heavy atom. The number of hydrogen-bond donors (Lipinski definition) is 0. The maximum atomic E-state index is 4.15. The van der Waals surface area contributed by atoms with Crippen LogP contribution < -0.4 is 0 Å². The van der Waals surface area contributed by atoms with Crippen LogP contribution in [0.15, 0.2) is 4.99 Å². The van der Waals surface area contributed by atoms with E-state index in [4.69, 9.17) is 0 Å². The summed E-state index contributed by atoms with van der Waals surface area (Å²) in [4.78, 5) is 4.15. The minimum Gasteiger partial charge on any atom is -0.283 e. The van der Waals surface area contributed by atoms with Gasteiger partial charge in [0, 0.05) is 6.21 Å². The van der Waals surface area contributed by atoms with Crippen LogP contribution in [0.25, 0.3) is 0 Å². The van der Waals surface area contributed by atoms with Crippen LogP contribution in [-0.2, 0) is 0 Å². The Balaban J connectivity index is 2.20. The van der Waals surface area contributed by atoms with Crippen molar-refractivity contribution in [2.75, 3.05) is 0 Å². The fraction of sp³-hybridized carbons (Fsp3) is 0.857. The van der Waals surface area contributed by atoms with Crippen LogP contribution in [0, 0.1) is 5.92 Å². The average molecular weight is 111 g/mol. The zero-order chi connectivity index (χ0) is 6.20. The molecule has 0 aromatic rings. The molecule has 1 aliphatic rings. The predicted octanol–water partition coefficient (Wildman–Crippen LogP) is 1.88. The topological polar surface area (TPSA) is 12.4 Å². The number of rotatable bonds is 2. The molecule has 0 amide bonds. The second-order valence-corrected chi connectivity index (χ2v) is 3.21. The largest absolute Gasteiger partial charge is 0.283 e. The lowest BCUT2D eigenvalue weighted by Gasteiger charge is -2.07. The molecular formula is C7H13N. The molecule has 0 bridgehead atoms. The van der Waals surface area contributed by atoms with Crippen molar-refractivity contribution in [3.8, 4) is 0 Å². The molecule has 1 unspecified atom stereocenters. The van der Waals surface area contributed by atoms with Crippen molar-refractivity contribution in [1.82, 2.24) is 0 Å². The van der Waals surface area contributed by atoms with Gasteiger partial charge in [-0.1, -0.05) is 13.8 Å². The van der Waals surface area contributed by atoms with E-state index in [9.17, 15) is 0 Å². The van der Waals surface area contributed by atoms with E-state index in [0.717, 1.165) is 5.92 Å². The molecule has 1 atom stereocenters. The molecule has 0 saturated heterocycles. The normalized spacial score (nSPS) is 34.0. The van der Waals surface area contributed by atoms with E-state index in [1.807, 2.05) is 6.21 Å². The van der Waals surface area contributed by atoms with Crippen molar-refractivity contribution in [2.45, 2.75) is 32.7 Å². The summed E-state index contributed by atoms with van der Waals surface area (Å²) >= 11 is 0. The highest BCUT2D eigenvalue weighted by Gasteiger charge is 2.30. The quantitative estimate of drug-likeness (QED) is 0.516. The fourth-order valence-corrected chi connectivity index (χ4v) is 1.04. The third kappa shape index (κ3) is 1.32. The smallest absolute Gasteiger partial charge is 0.0924 e. The van der Waals surface area contributed by atoms with Crippen molar-refractivity contribution in [3.63, 3.8) is 0 Å². The molecule has 8 heavy (non-hydrogen) atoms. The van der Waals surface area contributed by atoms with Gasteiger partial charge in [-0.25, -0.2) is 0 Å². The summed E-state index contributed by atoms with van der Waals surface area (Å²) < 4.78 is 0. The van der Waals surface area contributed by atoms with Crippen LogP contribution >= 0.6 is 0 Å². The van der Waals surface area contributed by atoms with E-state index in [2.05, 4.69) is 25.8 Å². The zero-order valence-corrected chi connectivity index (χ0v) is 5.81. The molecular weight excluding hydrogens is 98.1 g/mol. The molecule has 0 spiro atoms. The molecule has 1 heterocycles. The Hall–Kier alpha value is -0.330. The zero-order valence-electron chi connectivity index (χ0n) is 5.81. The van der Waals surface area contributed by atoms with Crippen molar-refractivity contribution in [2.24, 2.45) is 10.9 Å². The van der Waals surface area contributed by atoms with Crippen LogP contribution in [0.3, 0.4) is 0 Å². The molecule has 46 valence electrons. The molecule has 0 N–H and O–H groups in total. The Labute approximate surface area is 50.8 Å². The van der Waals surface area contributed by atoms with E-state index in [-0.39, 0.29) is 5.54 Å². The lowest BCUT2D eigenvalue weighted by atomic mass is 9.98. The molecule has 1 aliphatic heterocycles. The van der Waals surface area contributed by atoms with Crippen molar-refractivity contribution in [1.29, 1.82) is 0 Å². The lowest BCUT2D eigenvalue weighted by molar-refractivity contribution is 0.511. The third-order valence-corrected chi connectivity index (χ3v) is 1.39. The van der Waals surface area contributed by atoms with E-state index in [1.165, 1.54) is 6.42 Å². The van der Waals surface area contributed by atoms with Crippen LogP contribution in [0.5, 0.6) is 0 Å². The first-order chi connectivity index (χ1) is 3.62. The van der Waals surface area contributed by atoms with Gasteiger partial charge >= 0.3 is 0 Å². The summed E-state index contributed by atoms with van der Waals surface area (Å²) in [5.41, 5.74) is 0.272. The molecule has 1 rings (SSSR count). The predicted molar refractivity (Wildman–Crippen MR) is 36.4 cm³/mol. The van der Waals surface area contributed by atoms with Gasteiger partial charge in [-0.2, -0.15) is 0 Å². The second-order valence-electron chi connectivity index (χ2n) is 3.21. The van der Waals surface area contributed by atoms with Gasteiger partial charge in [-0.15, -0.1) is 0 Å². The van der Waals surface area contributed by atoms with Crippen molar-refractivity contribution in [3.05, 3.63) is 0 Å². The van der Waals surface area contributed by atoms with Crippen LogP contribution in [0.4, 0.5) is 0 Å². The Bertz CT molecular complexity index is 108. The van der Waals surface area contributed by atoms with Crippen LogP contribution in [0.1, 0.15) is 27.2 Å². The third-order valence-electron chi connectivity index (χ3n) is 1.39. The monoisotopic (exact) mass is 111 g/mol. The summed E-state index contributed by atoms with van der Waals surface area (Å²) in [6.45, 7) is 6.63. The summed E-state index contributed by atoms with van der Waals surface area (Å²) in [6.07, 6.45) is 3.25. The first-order valence-corrected chi connectivity index (χ1v) is 3.19. The molecule has 0 aliphatic carbocycles. The summed E-state index contributed by atoms with van der Waals surface area (Å²) in [7, 11) is 0. The van der Waals surface area contributed by atoms with Crippen molar-refractivity contribution >= 4 is 6.21 Å². The molecule has 0 fully saturated rings. The number of aliphatic imine (C=N–C) groups is 1. The van der Waals surface area contributed by atoms with Crippen LogP contribution in [0.2, 0.25) is 0 Å². The minimum absolute atomic E-state index is 0.272. The van der Waals surface area contributed by atoms with E-state index >= 15 is 0 Å². The van der Waals surface area contributed by atoms with Gasteiger partial charge in [-0.3, -0.25) is 4.99 Å². The number of nitrogens with zero attached hydrogens (tertiary/aromatic N) is 1. The highest BCUT2D eigenvalue weighted by molar-refractivity contribution is 5.83. The lowest BCUT2D eigenvalue weighted by Crippen LogP contribution is -2.10. The average Bonchev–Trinajstić information content (AvgIpc) is 2.17. The fourth-order valence-electron chi connectivity index (χ4n) is 1.04. The van der Waals surface area contributed by atoms with Gasteiger partial charge in [0.05, 0.1) is 5.54 Å². The molecule has 0 aromatic heterocycles. The minimum atomic E-state index is 0.272. The molecule has 1 nitrogen and oxygen atoms in total. The molecule has 0 radical (unpaired) electrons. The van der Waals surface area contributed by atoms with Gasteiger partial charge in [-0.05, 0) is 19.3 Å². The Morgan fingerprint density at radius 1 is 1.62 bits per heavy atom. The number of hydrogen-bond acceptors (Lipinski definition) is 1. The van der Waals surface area contributed by atoms with Crippen LogP contribution in [-0.4, -0.2) is 11.8 Å². The summed E-state index contributed by atoms with van der Waals surface area (Å²) in [5, 5.41) is 0. The first kappa shape index (κ1) is 5.80. The van der Waals surface area contributed by atoms with Gasteiger partial charge in [0.2, 0.25) is 0 Å². The van der Waals surface area contributed by atoms with Gasteiger partial charge in [0.25, 0.3) is 0 Å². The molecule has 1 heteroatoms. The maximum absolute atomic E-state index is 4.15. The van der Waals surface area contributed by atoms with Gasteiger partial charge in [0.15, 0.2) is 0 Å². The maximum Gasteiger partial charge on any atom is 0.0924 e. The highest BCUT2D eigenvalue weighted by atomic mass is 15.0. The van der Waals surface area contributed by atoms with E-state index in [0.29, 0.717) is 0 Å². The standard InChI is InChI=1S/C7H13N/c1-6(2)4-7(3)5-8-7/h5-6H,4H2,1-3H3. The van der Waals surface area contributed by atoms with Gasteiger partial charge < -0.3 is 0 Å². The highest BCUT2D eigenvalue weighted by Crippen LogP contribution is 2.27. The first-order valence-electron chi connectivity index (χ1n) is 3.19. The van der Waals surface area contributed by atoms with E-state index < -0.39 is 0 Å². The summed E-state index contributed by atoms with van der Waals surface area (Å²) in [5.74, 6) is 0.780. The second kappa shape index (κ2) is 1.57. The Morgan fingerprint density at radius 2 is 2.12 bits per heavy atom. The molecule has 0 aromatic carbocycles. The van der Waals surface area contributed by atoms with Crippen molar-refractivity contribution < 1.29 is 0 Å². The Kier molecular flexibility index (Phi) is 1.14. The summed E-state index contributed by atoms with van der Waals surface area (Å²) in [6, 6.07) is 0.